The molecular formula is C13H14N2O2S3. The molecule has 0 atom stereocenters. The van der Waals surface area contributed by atoms with Gasteiger partial charge in [-0.3, -0.25) is 4.72 Å². The second-order valence-electron chi connectivity index (χ2n) is 4.14. The van der Waals surface area contributed by atoms with Crippen molar-refractivity contribution in [1.82, 2.24) is 0 Å². The molecule has 20 heavy (non-hydrogen) atoms. The van der Waals surface area contributed by atoms with Crippen molar-refractivity contribution >= 4 is 44.3 Å². The summed E-state index contributed by atoms with van der Waals surface area (Å²) in [5, 5.41) is 0. The van der Waals surface area contributed by atoms with E-state index in [-0.39, 0.29) is 9.20 Å². The maximum atomic E-state index is 12.3. The summed E-state index contributed by atoms with van der Waals surface area (Å²) in [5.41, 5.74) is 7.11. The van der Waals surface area contributed by atoms with E-state index in [2.05, 4.69) is 4.72 Å². The number of hydrogen-bond donors (Lipinski definition) is 2. The summed E-state index contributed by atoms with van der Waals surface area (Å²) >= 11 is 5.89. The van der Waals surface area contributed by atoms with Crippen molar-refractivity contribution in [2.45, 2.75) is 17.6 Å². The van der Waals surface area contributed by atoms with E-state index in [1.807, 2.05) is 25.1 Å². The van der Waals surface area contributed by atoms with Gasteiger partial charge in [0.2, 0.25) is 0 Å². The molecule has 0 aliphatic rings. The lowest BCUT2D eigenvalue weighted by Gasteiger charge is -2.07. The summed E-state index contributed by atoms with van der Waals surface area (Å²) in [5.74, 6) is 0. The Balaban J connectivity index is 2.27. The number of hydrogen-bond acceptors (Lipinski definition) is 4. The molecular weight excluding hydrogens is 312 g/mol. The Morgan fingerprint density at radius 2 is 2.10 bits per heavy atom. The Morgan fingerprint density at radius 3 is 2.70 bits per heavy atom. The lowest BCUT2D eigenvalue weighted by Crippen LogP contribution is -2.11. The van der Waals surface area contributed by atoms with E-state index in [0.29, 0.717) is 10.6 Å². The second kappa shape index (κ2) is 5.90. The number of thiocarbonyl (C=S) groups is 1. The van der Waals surface area contributed by atoms with E-state index in [9.17, 15) is 8.42 Å². The molecule has 0 saturated heterocycles. The summed E-state index contributed by atoms with van der Waals surface area (Å²) in [6.07, 6.45) is 0.847. The van der Waals surface area contributed by atoms with Gasteiger partial charge in [0.15, 0.2) is 0 Å². The molecule has 0 spiro atoms. The Kier molecular flexibility index (Phi) is 4.42. The SMILES string of the molecule is CCc1cccc(NS(=O)(=O)c2ccc(C(N)=S)s2)c1. The van der Waals surface area contributed by atoms with Crippen molar-refractivity contribution in [2.24, 2.45) is 5.73 Å². The molecule has 0 unspecified atom stereocenters. The van der Waals surface area contributed by atoms with Gasteiger partial charge in [-0.2, -0.15) is 0 Å². The van der Waals surface area contributed by atoms with E-state index in [4.69, 9.17) is 18.0 Å². The lowest BCUT2D eigenvalue weighted by atomic mass is 10.1. The molecule has 0 saturated carbocycles. The van der Waals surface area contributed by atoms with Crippen LogP contribution in [0.1, 0.15) is 17.4 Å². The minimum absolute atomic E-state index is 0.196. The Bertz CT molecular complexity index is 736. The normalized spacial score (nSPS) is 11.2. The van der Waals surface area contributed by atoms with Gasteiger partial charge in [0.1, 0.15) is 9.20 Å². The van der Waals surface area contributed by atoms with Crippen LogP contribution in [0.4, 0.5) is 5.69 Å². The van der Waals surface area contributed by atoms with Gasteiger partial charge in [-0.15, -0.1) is 11.3 Å². The quantitative estimate of drug-likeness (QED) is 0.829. The first kappa shape index (κ1) is 15.0. The summed E-state index contributed by atoms with van der Waals surface area (Å²) < 4.78 is 27.3. The van der Waals surface area contributed by atoms with Crippen LogP contribution in [0, 0.1) is 0 Å². The van der Waals surface area contributed by atoms with Crippen LogP contribution in [0.25, 0.3) is 0 Å². The largest absolute Gasteiger partial charge is 0.389 e. The highest BCUT2D eigenvalue weighted by atomic mass is 32.2. The van der Waals surface area contributed by atoms with Gasteiger partial charge in [-0.25, -0.2) is 8.42 Å². The Labute approximate surface area is 127 Å². The van der Waals surface area contributed by atoms with Gasteiger partial charge < -0.3 is 5.73 Å². The molecule has 106 valence electrons. The molecule has 1 aromatic heterocycles. The van der Waals surface area contributed by atoms with Crippen molar-refractivity contribution in [3.8, 4) is 0 Å². The number of anilines is 1. The molecule has 1 heterocycles. The van der Waals surface area contributed by atoms with Crippen molar-refractivity contribution < 1.29 is 8.42 Å². The summed E-state index contributed by atoms with van der Waals surface area (Å²) in [7, 11) is -3.60. The van der Waals surface area contributed by atoms with Crippen LogP contribution in [-0.2, 0) is 16.4 Å². The van der Waals surface area contributed by atoms with E-state index in [1.165, 1.54) is 6.07 Å². The fourth-order valence-electron chi connectivity index (χ4n) is 1.66. The molecule has 0 aliphatic heterocycles. The summed E-state index contributed by atoms with van der Waals surface area (Å²) in [4.78, 5) is 0.784. The minimum Gasteiger partial charge on any atom is -0.389 e. The fourth-order valence-corrected chi connectivity index (χ4v) is 4.06. The molecule has 2 aromatic rings. The Morgan fingerprint density at radius 1 is 1.35 bits per heavy atom. The van der Waals surface area contributed by atoms with Crippen LogP contribution in [0.15, 0.2) is 40.6 Å². The highest BCUT2D eigenvalue weighted by molar-refractivity contribution is 7.94. The molecule has 4 nitrogen and oxygen atoms in total. The first-order valence-electron chi connectivity index (χ1n) is 5.94. The van der Waals surface area contributed by atoms with E-state index >= 15 is 0 Å². The maximum absolute atomic E-state index is 12.3. The number of rotatable bonds is 5. The number of nitrogens with one attached hydrogen (secondary N) is 1. The molecule has 0 fully saturated rings. The van der Waals surface area contributed by atoms with E-state index in [1.54, 1.807) is 12.1 Å². The molecule has 0 aliphatic carbocycles. The van der Waals surface area contributed by atoms with Gasteiger partial charge in [-0.05, 0) is 36.2 Å². The highest BCUT2D eigenvalue weighted by Gasteiger charge is 2.17. The fraction of sp³-hybridized carbons (Fsp3) is 0.154. The third-order valence-corrected chi connectivity index (χ3v) is 6.02. The molecule has 0 amide bonds. The van der Waals surface area contributed by atoms with Crippen molar-refractivity contribution in [3.05, 3.63) is 46.8 Å². The van der Waals surface area contributed by atoms with Gasteiger partial charge in [-0.1, -0.05) is 31.3 Å². The molecule has 0 bridgehead atoms. The van der Waals surface area contributed by atoms with Gasteiger partial charge in [0.25, 0.3) is 10.0 Å². The average molecular weight is 326 g/mol. The second-order valence-corrected chi connectivity index (χ2v) is 7.58. The van der Waals surface area contributed by atoms with Crippen molar-refractivity contribution in [2.75, 3.05) is 4.72 Å². The zero-order valence-electron chi connectivity index (χ0n) is 10.8. The van der Waals surface area contributed by atoms with E-state index in [0.717, 1.165) is 23.3 Å². The predicted octanol–water partition coefficient (Wildman–Crippen LogP) is 2.75. The monoisotopic (exact) mass is 326 g/mol. The summed E-state index contributed by atoms with van der Waals surface area (Å²) in [6.45, 7) is 2.02. The van der Waals surface area contributed by atoms with Gasteiger partial charge in [0.05, 0.1) is 4.88 Å². The van der Waals surface area contributed by atoms with Crippen LogP contribution in [0.2, 0.25) is 0 Å². The number of nitrogens with two attached hydrogens (primary N) is 1. The van der Waals surface area contributed by atoms with Crippen molar-refractivity contribution in [3.63, 3.8) is 0 Å². The predicted molar refractivity (Wildman–Crippen MR) is 86.8 cm³/mol. The molecule has 2 rings (SSSR count). The number of thiophene rings is 1. The van der Waals surface area contributed by atoms with Crippen LogP contribution in [0.5, 0.6) is 0 Å². The Hall–Kier alpha value is -1.44. The average Bonchev–Trinajstić information content (AvgIpc) is 2.89. The first-order valence-corrected chi connectivity index (χ1v) is 8.64. The lowest BCUT2D eigenvalue weighted by molar-refractivity contribution is 0.603. The number of aryl methyl sites for hydroxylation is 1. The molecule has 7 heteroatoms. The highest BCUT2D eigenvalue weighted by Crippen LogP contribution is 2.24. The molecule has 0 radical (unpaired) electrons. The number of benzene rings is 1. The summed E-state index contributed by atoms with van der Waals surface area (Å²) in [6, 6.07) is 10.4. The molecule has 3 N–H and O–H groups in total. The van der Waals surface area contributed by atoms with Crippen LogP contribution >= 0.6 is 23.6 Å². The standard InChI is InChI=1S/C13H14N2O2S3/c1-2-9-4-3-5-10(8-9)15-20(16,17)12-7-6-11(19-12)13(14)18/h3-8,15H,2H2,1H3,(H2,14,18). The maximum Gasteiger partial charge on any atom is 0.271 e. The smallest absolute Gasteiger partial charge is 0.271 e. The van der Waals surface area contributed by atoms with Crippen LogP contribution < -0.4 is 10.5 Å². The zero-order chi connectivity index (χ0) is 14.8. The molecule has 1 aromatic carbocycles. The number of sulfonamides is 1. The topological polar surface area (TPSA) is 72.2 Å². The van der Waals surface area contributed by atoms with E-state index < -0.39 is 10.0 Å². The van der Waals surface area contributed by atoms with Crippen LogP contribution in [0.3, 0.4) is 0 Å². The van der Waals surface area contributed by atoms with Gasteiger partial charge >= 0.3 is 0 Å². The van der Waals surface area contributed by atoms with Gasteiger partial charge in [0, 0.05) is 5.69 Å². The third kappa shape index (κ3) is 3.36. The minimum atomic E-state index is -3.60. The zero-order valence-corrected chi connectivity index (χ0v) is 13.2. The first-order chi connectivity index (χ1) is 9.42. The van der Waals surface area contributed by atoms with Crippen LogP contribution in [-0.4, -0.2) is 13.4 Å². The van der Waals surface area contributed by atoms with Crippen molar-refractivity contribution in [1.29, 1.82) is 0 Å². The third-order valence-electron chi connectivity index (χ3n) is 2.68.